The molecule has 0 radical (unpaired) electrons. The summed E-state index contributed by atoms with van der Waals surface area (Å²) >= 11 is 0. The molecular formula is C18H16N2O5. The molecule has 3 rings (SSSR count). The molecule has 0 bridgehead atoms. The lowest BCUT2D eigenvalue weighted by Gasteiger charge is -2.13. The number of carbonyl (C=O) groups excluding carboxylic acids is 1. The molecule has 7 heteroatoms. The number of hydrogen-bond acceptors (Lipinski definition) is 5. The van der Waals surface area contributed by atoms with Crippen LogP contribution in [-0.4, -0.2) is 28.2 Å². The monoisotopic (exact) mass is 340 g/mol. The van der Waals surface area contributed by atoms with Crippen molar-refractivity contribution in [2.24, 2.45) is 0 Å². The molecule has 1 unspecified atom stereocenters. The Balaban J connectivity index is 1.68. The van der Waals surface area contributed by atoms with E-state index in [0.29, 0.717) is 11.0 Å². The molecule has 25 heavy (non-hydrogen) atoms. The number of aromatic nitrogens is 1. The molecule has 0 saturated heterocycles. The Hall–Kier alpha value is -3.19. The number of benzene rings is 1. The second-order valence-electron chi connectivity index (χ2n) is 5.54. The lowest BCUT2D eigenvalue weighted by molar-refractivity contribution is 0.0899. The number of carbonyl (C=O) groups is 1. The molecule has 1 aromatic carbocycles. The van der Waals surface area contributed by atoms with Crippen molar-refractivity contribution in [2.75, 3.05) is 6.54 Å². The van der Waals surface area contributed by atoms with E-state index in [1.807, 2.05) is 0 Å². The predicted octanol–water partition coefficient (Wildman–Crippen LogP) is 0.746. The van der Waals surface area contributed by atoms with Crippen molar-refractivity contribution in [3.63, 3.8) is 0 Å². The number of pyridine rings is 1. The Morgan fingerprint density at radius 2 is 1.92 bits per heavy atom. The maximum atomic E-state index is 12.2. The summed E-state index contributed by atoms with van der Waals surface area (Å²) in [4.78, 5) is 35.7. The fraction of sp³-hybridized carbons (Fsp3) is 0.167. The van der Waals surface area contributed by atoms with Crippen LogP contribution in [0.3, 0.4) is 0 Å². The standard InChI is InChI=1S/C18H16N2O5/c21-13(11-20-8-4-3-7-16(20)22)10-19-17(23)14-9-12-5-1-2-6-15(12)25-18(14)24/h1-9,13,21H,10-11H2,(H,19,23). The molecule has 0 aliphatic heterocycles. The number of nitrogens with zero attached hydrogens (tertiary/aromatic N) is 1. The first-order valence-electron chi connectivity index (χ1n) is 7.69. The van der Waals surface area contributed by atoms with Gasteiger partial charge in [-0.05, 0) is 18.2 Å². The van der Waals surface area contributed by atoms with E-state index in [1.165, 1.54) is 16.7 Å². The van der Waals surface area contributed by atoms with Crippen molar-refractivity contribution < 1.29 is 14.3 Å². The normalized spacial score (nSPS) is 12.0. The number of aliphatic hydroxyl groups excluding tert-OH is 1. The Labute approximate surface area is 142 Å². The van der Waals surface area contributed by atoms with Gasteiger partial charge in [0.05, 0.1) is 12.6 Å². The van der Waals surface area contributed by atoms with E-state index in [9.17, 15) is 19.5 Å². The summed E-state index contributed by atoms with van der Waals surface area (Å²) < 4.78 is 6.44. The fourth-order valence-corrected chi connectivity index (χ4v) is 2.43. The first-order valence-corrected chi connectivity index (χ1v) is 7.69. The Morgan fingerprint density at radius 3 is 2.72 bits per heavy atom. The third kappa shape index (κ3) is 3.84. The van der Waals surface area contributed by atoms with Crippen molar-refractivity contribution in [1.29, 1.82) is 0 Å². The molecule has 7 nitrogen and oxygen atoms in total. The van der Waals surface area contributed by atoms with E-state index < -0.39 is 17.6 Å². The second kappa shape index (κ2) is 7.14. The van der Waals surface area contributed by atoms with Crippen LogP contribution >= 0.6 is 0 Å². The third-order valence-corrected chi connectivity index (χ3v) is 3.69. The zero-order chi connectivity index (χ0) is 17.8. The fourth-order valence-electron chi connectivity index (χ4n) is 2.43. The molecule has 0 saturated carbocycles. The zero-order valence-corrected chi connectivity index (χ0v) is 13.2. The summed E-state index contributed by atoms with van der Waals surface area (Å²) in [5.41, 5.74) is -0.733. The predicted molar refractivity (Wildman–Crippen MR) is 91.5 cm³/mol. The number of amides is 1. The van der Waals surface area contributed by atoms with Gasteiger partial charge in [-0.3, -0.25) is 9.59 Å². The van der Waals surface area contributed by atoms with Gasteiger partial charge >= 0.3 is 5.63 Å². The summed E-state index contributed by atoms with van der Waals surface area (Å²) in [6.45, 7) is -0.0707. The van der Waals surface area contributed by atoms with E-state index in [-0.39, 0.29) is 24.2 Å². The molecule has 2 heterocycles. The largest absolute Gasteiger partial charge is 0.422 e. The van der Waals surface area contributed by atoms with Crippen molar-refractivity contribution in [2.45, 2.75) is 12.6 Å². The minimum absolute atomic E-state index is 0.0340. The van der Waals surface area contributed by atoms with Crippen molar-refractivity contribution >= 4 is 16.9 Å². The van der Waals surface area contributed by atoms with Gasteiger partial charge in [0.2, 0.25) is 0 Å². The molecule has 0 fully saturated rings. The number of hydrogen-bond donors (Lipinski definition) is 2. The molecule has 0 aliphatic rings. The number of fused-ring (bicyclic) bond motifs is 1. The van der Waals surface area contributed by atoms with Gasteiger partial charge in [-0.1, -0.05) is 24.3 Å². The molecular weight excluding hydrogens is 324 g/mol. The first-order chi connectivity index (χ1) is 12.0. The first kappa shape index (κ1) is 16.7. The summed E-state index contributed by atoms with van der Waals surface area (Å²) in [6, 6.07) is 13.0. The van der Waals surface area contributed by atoms with Crippen LogP contribution in [0, 0.1) is 0 Å². The third-order valence-electron chi connectivity index (χ3n) is 3.69. The highest BCUT2D eigenvalue weighted by atomic mass is 16.4. The molecule has 128 valence electrons. The topological polar surface area (TPSA) is 102 Å². The Bertz CT molecular complexity index is 1020. The van der Waals surface area contributed by atoms with E-state index in [4.69, 9.17) is 4.42 Å². The summed E-state index contributed by atoms with van der Waals surface area (Å²) in [7, 11) is 0. The van der Waals surface area contributed by atoms with E-state index in [0.717, 1.165) is 0 Å². The zero-order valence-electron chi connectivity index (χ0n) is 13.2. The maximum absolute atomic E-state index is 12.2. The van der Waals surface area contributed by atoms with Gasteiger partial charge in [0.15, 0.2) is 0 Å². The van der Waals surface area contributed by atoms with Gasteiger partial charge in [0.25, 0.3) is 11.5 Å². The molecule has 3 aromatic rings. The number of para-hydroxylation sites is 1. The van der Waals surface area contributed by atoms with Gasteiger partial charge in [-0.15, -0.1) is 0 Å². The summed E-state index contributed by atoms with van der Waals surface area (Å²) in [6.07, 6.45) is 0.572. The van der Waals surface area contributed by atoms with Gasteiger partial charge in [-0.2, -0.15) is 0 Å². The SMILES string of the molecule is O=C(NCC(O)Cn1ccccc1=O)c1cc2ccccc2oc1=O. The quantitative estimate of drug-likeness (QED) is 0.667. The van der Waals surface area contributed by atoms with Crippen molar-refractivity contribution in [3.05, 3.63) is 81.1 Å². The number of nitrogens with one attached hydrogen (secondary N) is 1. The minimum Gasteiger partial charge on any atom is -0.422 e. The van der Waals surface area contributed by atoms with Crippen molar-refractivity contribution in [3.8, 4) is 0 Å². The van der Waals surface area contributed by atoms with Crippen LogP contribution in [0.15, 0.2) is 68.7 Å². The molecule has 1 amide bonds. The second-order valence-corrected chi connectivity index (χ2v) is 5.54. The number of aliphatic hydroxyl groups is 1. The highest BCUT2D eigenvalue weighted by Gasteiger charge is 2.15. The average Bonchev–Trinajstić information content (AvgIpc) is 2.61. The molecule has 0 spiro atoms. The van der Waals surface area contributed by atoms with E-state index in [2.05, 4.69) is 5.32 Å². The Kier molecular flexibility index (Phi) is 4.76. The summed E-state index contributed by atoms with van der Waals surface area (Å²) in [5.74, 6) is -0.640. The van der Waals surface area contributed by atoms with Crippen LogP contribution in [0.25, 0.3) is 11.0 Å². The molecule has 1 atom stereocenters. The van der Waals surface area contributed by atoms with Gasteiger partial charge < -0.3 is 19.4 Å². The van der Waals surface area contributed by atoms with Crippen LogP contribution in [0.1, 0.15) is 10.4 Å². The molecule has 0 aliphatic carbocycles. The highest BCUT2D eigenvalue weighted by molar-refractivity contribution is 5.96. The molecule has 2 aromatic heterocycles. The maximum Gasteiger partial charge on any atom is 0.349 e. The van der Waals surface area contributed by atoms with Crippen LogP contribution in [0.2, 0.25) is 0 Å². The van der Waals surface area contributed by atoms with Gasteiger partial charge in [0, 0.05) is 24.2 Å². The van der Waals surface area contributed by atoms with Gasteiger partial charge in [-0.25, -0.2) is 4.79 Å². The number of rotatable bonds is 5. The van der Waals surface area contributed by atoms with Crippen LogP contribution in [0.5, 0.6) is 0 Å². The lowest BCUT2D eigenvalue weighted by atomic mass is 10.2. The van der Waals surface area contributed by atoms with Gasteiger partial charge in [0.1, 0.15) is 11.1 Å². The van der Waals surface area contributed by atoms with Crippen LogP contribution in [-0.2, 0) is 6.54 Å². The van der Waals surface area contributed by atoms with E-state index in [1.54, 1.807) is 42.6 Å². The smallest absolute Gasteiger partial charge is 0.349 e. The van der Waals surface area contributed by atoms with Crippen LogP contribution in [0.4, 0.5) is 0 Å². The van der Waals surface area contributed by atoms with E-state index >= 15 is 0 Å². The Morgan fingerprint density at radius 1 is 1.16 bits per heavy atom. The minimum atomic E-state index is -0.975. The van der Waals surface area contributed by atoms with Crippen molar-refractivity contribution in [1.82, 2.24) is 9.88 Å². The highest BCUT2D eigenvalue weighted by Crippen LogP contribution is 2.12. The average molecular weight is 340 g/mol. The lowest BCUT2D eigenvalue weighted by Crippen LogP contribution is -2.37. The summed E-state index contributed by atoms with van der Waals surface area (Å²) in [5, 5.41) is 13.1. The van der Waals surface area contributed by atoms with Crippen LogP contribution < -0.4 is 16.5 Å². The molecule has 2 N–H and O–H groups in total.